The summed E-state index contributed by atoms with van der Waals surface area (Å²) in [6.45, 7) is 1.96. The topological polar surface area (TPSA) is 53.7 Å². The number of piperidine rings is 1. The van der Waals surface area contributed by atoms with Crippen LogP contribution >= 0.6 is 0 Å². The summed E-state index contributed by atoms with van der Waals surface area (Å²) >= 11 is 0. The number of halogens is 3. The van der Waals surface area contributed by atoms with E-state index in [9.17, 15) is 23.1 Å². The van der Waals surface area contributed by atoms with Crippen LogP contribution in [0.1, 0.15) is 50.0 Å². The van der Waals surface area contributed by atoms with E-state index in [1.54, 1.807) is 4.90 Å². The van der Waals surface area contributed by atoms with Crippen molar-refractivity contribution in [1.29, 1.82) is 0 Å². The molecule has 3 atom stereocenters. The van der Waals surface area contributed by atoms with Gasteiger partial charge in [-0.25, -0.2) is 0 Å². The van der Waals surface area contributed by atoms with E-state index in [0.29, 0.717) is 12.5 Å². The van der Waals surface area contributed by atoms with Gasteiger partial charge in [-0.15, -0.1) is 0 Å². The molecule has 3 rings (SSSR count). The zero-order valence-corrected chi connectivity index (χ0v) is 13.6. The summed E-state index contributed by atoms with van der Waals surface area (Å²) in [5.41, 5.74) is -3.29. The van der Waals surface area contributed by atoms with Crippen molar-refractivity contribution in [3.05, 3.63) is 23.7 Å². The van der Waals surface area contributed by atoms with Crippen LogP contribution in [-0.2, 0) is 10.4 Å². The lowest BCUT2D eigenvalue weighted by Gasteiger charge is -2.39. The zero-order chi connectivity index (χ0) is 17.5. The molecule has 1 saturated heterocycles. The highest BCUT2D eigenvalue weighted by atomic mass is 19.4. The molecule has 2 aliphatic rings. The summed E-state index contributed by atoms with van der Waals surface area (Å²) in [4.78, 5) is 14.2. The van der Waals surface area contributed by atoms with Crippen LogP contribution in [0.15, 0.2) is 16.5 Å². The van der Waals surface area contributed by atoms with E-state index >= 15 is 0 Å². The van der Waals surface area contributed by atoms with Gasteiger partial charge in [-0.3, -0.25) is 4.79 Å². The highest BCUT2D eigenvalue weighted by Gasteiger charge is 2.59. The molecular weight excluding hydrogens is 323 g/mol. The Morgan fingerprint density at radius 2 is 2.00 bits per heavy atom. The fraction of sp³-hybridized carbons (Fsp3) is 0.706. The van der Waals surface area contributed by atoms with Crippen LogP contribution in [0.3, 0.4) is 0 Å². The van der Waals surface area contributed by atoms with Gasteiger partial charge < -0.3 is 14.4 Å². The van der Waals surface area contributed by atoms with E-state index in [0.717, 1.165) is 38.2 Å². The van der Waals surface area contributed by atoms with Crippen LogP contribution in [0.25, 0.3) is 0 Å². The van der Waals surface area contributed by atoms with Crippen molar-refractivity contribution < 1.29 is 27.5 Å². The fourth-order valence-corrected chi connectivity index (χ4v) is 4.07. The number of fused-ring (bicyclic) bond motifs is 1. The normalized spacial score (nSPS) is 27.0. The Labute approximate surface area is 138 Å². The quantitative estimate of drug-likeness (QED) is 0.912. The summed E-state index contributed by atoms with van der Waals surface area (Å²) in [6.07, 6.45) is -1.34. The number of rotatable bonds is 3. The summed E-state index contributed by atoms with van der Waals surface area (Å²) in [5.74, 6) is -0.636. The molecule has 2 heterocycles. The molecule has 7 heteroatoms. The largest absolute Gasteiger partial charge is 0.463 e. The number of carbonyl (C=O) groups excluding carboxylic acids is 1. The monoisotopic (exact) mass is 345 g/mol. The van der Waals surface area contributed by atoms with Crippen molar-refractivity contribution in [2.24, 2.45) is 5.92 Å². The molecule has 134 valence electrons. The van der Waals surface area contributed by atoms with Gasteiger partial charge in [0, 0.05) is 12.6 Å². The molecule has 0 bridgehead atoms. The number of alkyl halides is 3. The first-order chi connectivity index (χ1) is 11.2. The maximum Gasteiger partial charge on any atom is 0.425 e. The van der Waals surface area contributed by atoms with Crippen LogP contribution in [0.5, 0.6) is 0 Å². The molecule has 1 aromatic rings. The first kappa shape index (κ1) is 17.3. The number of likely N-dealkylation sites (tertiary alicyclic amines) is 1. The Morgan fingerprint density at radius 1 is 1.29 bits per heavy atom. The van der Waals surface area contributed by atoms with E-state index in [2.05, 4.69) is 0 Å². The minimum absolute atomic E-state index is 0.0158. The molecule has 2 fully saturated rings. The highest BCUT2D eigenvalue weighted by molar-refractivity contribution is 5.78. The number of carbonyl (C=O) groups is 1. The second kappa shape index (κ2) is 6.10. The molecule has 24 heavy (non-hydrogen) atoms. The second-order valence-electron chi connectivity index (χ2n) is 6.93. The van der Waals surface area contributed by atoms with Crippen LogP contribution in [0.2, 0.25) is 0 Å². The molecule has 0 spiro atoms. The fourth-order valence-electron chi connectivity index (χ4n) is 4.07. The Kier molecular flexibility index (Phi) is 4.40. The van der Waals surface area contributed by atoms with Crippen molar-refractivity contribution in [3.8, 4) is 0 Å². The lowest BCUT2D eigenvalue weighted by molar-refractivity contribution is -0.274. The lowest BCUT2D eigenvalue weighted by Crippen LogP contribution is -2.51. The molecule has 0 radical (unpaired) electrons. The molecule has 1 N–H and O–H groups in total. The maximum absolute atomic E-state index is 13.5. The number of furan rings is 1. The van der Waals surface area contributed by atoms with Gasteiger partial charge >= 0.3 is 6.18 Å². The number of hydrogen-bond acceptors (Lipinski definition) is 3. The van der Waals surface area contributed by atoms with E-state index in [1.807, 2.05) is 0 Å². The molecule has 4 nitrogen and oxygen atoms in total. The highest BCUT2D eigenvalue weighted by Crippen LogP contribution is 2.44. The van der Waals surface area contributed by atoms with Crippen LogP contribution in [0.4, 0.5) is 13.2 Å². The van der Waals surface area contributed by atoms with Gasteiger partial charge in [0.1, 0.15) is 11.5 Å². The Morgan fingerprint density at radius 3 is 2.62 bits per heavy atom. The molecule has 1 aromatic heterocycles. The first-order valence-electron chi connectivity index (χ1n) is 8.38. The minimum atomic E-state index is -4.99. The average molecular weight is 345 g/mol. The molecule has 1 aliphatic carbocycles. The second-order valence-corrected chi connectivity index (χ2v) is 6.93. The van der Waals surface area contributed by atoms with Crippen molar-refractivity contribution in [3.63, 3.8) is 0 Å². The predicted molar refractivity (Wildman–Crippen MR) is 80.1 cm³/mol. The van der Waals surface area contributed by atoms with Gasteiger partial charge in [0.2, 0.25) is 11.5 Å². The average Bonchev–Trinajstić information content (AvgIpc) is 3.13. The number of aliphatic hydroxyl groups is 1. The first-order valence-corrected chi connectivity index (χ1v) is 8.38. The van der Waals surface area contributed by atoms with Crippen molar-refractivity contribution >= 4 is 5.91 Å². The zero-order valence-electron chi connectivity index (χ0n) is 13.6. The SMILES string of the molecule is Cc1ccc(C(O)(CC(=O)N2CCCC3CCCC32)C(F)(F)F)o1. The summed E-state index contributed by atoms with van der Waals surface area (Å²) in [5, 5.41) is 10.3. The summed E-state index contributed by atoms with van der Waals surface area (Å²) in [6, 6.07) is 2.46. The smallest absolute Gasteiger partial charge is 0.425 e. The molecule has 1 amide bonds. The van der Waals surface area contributed by atoms with Gasteiger partial charge in [-0.05, 0) is 50.7 Å². The maximum atomic E-state index is 13.5. The Balaban J connectivity index is 1.83. The molecular formula is C17H22F3NO3. The Bertz CT molecular complexity index is 612. The third-order valence-electron chi connectivity index (χ3n) is 5.34. The number of amides is 1. The lowest BCUT2D eigenvalue weighted by atomic mass is 9.89. The van der Waals surface area contributed by atoms with E-state index < -0.39 is 29.9 Å². The molecule has 0 aromatic carbocycles. The predicted octanol–water partition coefficient (Wildman–Crippen LogP) is 3.52. The number of nitrogens with zero attached hydrogens (tertiary/aromatic N) is 1. The Hall–Kier alpha value is -1.50. The van der Waals surface area contributed by atoms with Gasteiger partial charge in [0.15, 0.2) is 0 Å². The van der Waals surface area contributed by atoms with Crippen LogP contribution < -0.4 is 0 Å². The third-order valence-corrected chi connectivity index (χ3v) is 5.34. The van der Waals surface area contributed by atoms with Crippen molar-refractivity contribution in [1.82, 2.24) is 4.90 Å². The van der Waals surface area contributed by atoms with E-state index in [-0.39, 0.29) is 11.8 Å². The molecule has 3 unspecified atom stereocenters. The van der Waals surface area contributed by atoms with E-state index in [1.165, 1.54) is 13.0 Å². The van der Waals surface area contributed by atoms with Crippen molar-refractivity contribution in [2.75, 3.05) is 6.54 Å². The van der Waals surface area contributed by atoms with E-state index in [4.69, 9.17) is 4.42 Å². The summed E-state index contributed by atoms with van der Waals surface area (Å²) in [7, 11) is 0. The molecule has 1 saturated carbocycles. The van der Waals surface area contributed by atoms with Crippen LogP contribution in [-0.4, -0.2) is 34.7 Å². The van der Waals surface area contributed by atoms with Gasteiger partial charge in [-0.1, -0.05) is 6.42 Å². The number of aryl methyl sites for hydroxylation is 1. The molecule has 1 aliphatic heterocycles. The van der Waals surface area contributed by atoms with Gasteiger partial charge in [0.05, 0.1) is 6.42 Å². The van der Waals surface area contributed by atoms with Gasteiger partial charge in [-0.2, -0.15) is 13.2 Å². The van der Waals surface area contributed by atoms with Crippen molar-refractivity contribution in [2.45, 2.75) is 63.3 Å². The minimum Gasteiger partial charge on any atom is -0.463 e. The standard InChI is InChI=1S/C17H22F3NO3/c1-11-7-8-14(24-11)16(23,17(18,19)20)10-15(22)21-9-3-5-12-4-2-6-13(12)21/h7-8,12-13,23H,2-6,9-10H2,1H3. The van der Waals surface area contributed by atoms with Crippen LogP contribution in [0, 0.1) is 12.8 Å². The third kappa shape index (κ3) is 2.94. The summed E-state index contributed by atoms with van der Waals surface area (Å²) < 4.78 is 45.6. The number of hydrogen-bond donors (Lipinski definition) is 1. The van der Waals surface area contributed by atoms with Gasteiger partial charge in [0.25, 0.3) is 0 Å².